The van der Waals surface area contributed by atoms with Gasteiger partial charge in [-0.1, -0.05) is 32.0 Å². The molecular weight excluding hydrogens is 312 g/mol. The van der Waals surface area contributed by atoms with Crippen molar-refractivity contribution < 1.29 is 9.53 Å². The second kappa shape index (κ2) is 5.53. The highest BCUT2D eigenvalue weighted by molar-refractivity contribution is 6.20. The van der Waals surface area contributed by atoms with Crippen molar-refractivity contribution in [2.45, 2.75) is 44.8 Å². The van der Waals surface area contributed by atoms with E-state index >= 15 is 0 Å². The highest BCUT2D eigenvalue weighted by Crippen LogP contribution is 2.43. The van der Waals surface area contributed by atoms with Gasteiger partial charge in [0.25, 0.3) is 0 Å². The predicted molar refractivity (Wildman–Crippen MR) is 93.0 cm³/mol. The fourth-order valence-electron chi connectivity index (χ4n) is 3.37. The van der Waals surface area contributed by atoms with Gasteiger partial charge in [-0.05, 0) is 25.5 Å². The molecule has 4 nitrogen and oxygen atoms in total. The van der Waals surface area contributed by atoms with Crippen LogP contribution in [0.3, 0.4) is 0 Å². The second-order valence-electron chi connectivity index (χ2n) is 7.15. The number of carbonyl (C=O) groups is 1. The quantitative estimate of drug-likeness (QED) is 0.668. The van der Waals surface area contributed by atoms with Crippen molar-refractivity contribution in [3.63, 3.8) is 0 Å². The van der Waals surface area contributed by atoms with Crippen molar-refractivity contribution in [1.29, 1.82) is 0 Å². The molecule has 1 aliphatic heterocycles. The van der Waals surface area contributed by atoms with Gasteiger partial charge in [-0.15, -0.1) is 11.6 Å². The third kappa shape index (κ3) is 2.45. The van der Waals surface area contributed by atoms with Crippen LogP contribution in [0.1, 0.15) is 39.0 Å². The normalized spacial score (nSPS) is 23.0. The first kappa shape index (κ1) is 16.3. The van der Waals surface area contributed by atoms with E-state index in [0.717, 1.165) is 22.2 Å². The standard InChI is InChI=1S/C18H23ClN2O2/c1-11(2)23-16(22)18(9-19)15-14(17(3,4)10-20-18)12-7-5-6-8-13(12)21-15/h5-8,11,20-21H,9-10H2,1-4H3/t18-/m0/s1. The third-order valence-electron chi connectivity index (χ3n) is 4.53. The van der Waals surface area contributed by atoms with Gasteiger partial charge in [-0.2, -0.15) is 0 Å². The number of rotatable bonds is 3. The molecule has 0 spiro atoms. The van der Waals surface area contributed by atoms with Crippen LogP contribution in [-0.2, 0) is 20.5 Å². The molecule has 0 saturated heterocycles. The fourth-order valence-corrected chi connectivity index (χ4v) is 3.71. The Bertz CT molecular complexity index is 751. The van der Waals surface area contributed by atoms with E-state index in [1.165, 1.54) is 0 Å². The van der Waals surface area contributed by atoms with Gasteiger partial charge < -0.3 is 9.72 Å². The Morgan fingerprint density at radius 1 is 1.35 bits per heavy atom. The van der Waals surface area contributed by atoms with Crippen molar-refractivity contribution >= 4 is 28.5 Å². The topological polar surface area (TPSA) is 54.1 Å². The Kier molecular flexibility index (Phi) is 3.93. The summed E-state index contributed by atoms with van der Waals surface area (Å²) in [5, 5.41) is 4.50. The van der Waals surface area contributed by atoms with E-state index in [9.17, 15) is 4.79 Å². The first-order valence-corrected chi connectivity index (χ1v) is 8.49. The molecule has 5 heteroatoms. The van der Waals surface area contributed by atoms with Gasteiger partial charge in [0.2, 0.25) is 0 Å². The van der Waals surface area contributed by atoms with Gasteiger partial charge in [0.15, 0.2) is 5.54 Å². The number of benzene rings is 1. The third-order valence-corrected chi connectivity index (χ3v) is 4.93. The first-order chi connectivity index (χ1) is 10.8. The molecule has 1 aliphatic rings. The number of aromatic amines is 1. The SMILES string of the molecule is CC(C)OC(=O)[C@@]1(CCl)NCC(C)(C)c2c1[nH]c1ccccc21. The van der Waals surface area contributed by atoms with Crippen LogP contribution in [0.15, 0.2) is 24.3 Å². The van der Waals surface area contributed by atoms with Crippen LogP contribution in [0, 0.1) is 0 Å². The molecule has 2 aromatic rings. The highest BCUT2D eigenvalue weighted by atomic mass is 35.5. The lowest BCUT2D eigenvalue weighted by molar-refractivity contribution is -0.155. The van der Waals surface area contributed by atoms with Crippen LogP contribution in [-0.4, -0.2) is 29.5 Å². The summed E-state index contributed by atoms with van der Waals surface area (Å²) in [5.74, 6) is -0.208. The Labute approximate surface area is 141 Å². The van der Waals surface area contributed by atoms with Crippen LogP contribution in [0.2, 0.25) is 0 Å². The van der Waals surface area contributed by atoms with Gasteiger partial charge in [-0.25, -0.2) is 4.79 Å². The van der Waals surface area contributed by atoms with E-state index in [0.29, 0.717) is 6.54 Å². The summed E-state index contributed by atoms with van der Waals surface area (Å²) >= 11 is 6.28. The zero-order valence-corrected chi connectivity index (χ0v) is 14.8. The average Bonchev–Trinajstić information content (AvgIpc) is 2.88. The minimum Gasteiger partial charge on any atom is -0.461 e. The molecule has 0 radical (unpaired) electrons. The zero-order valence-electron chi connectivity index (χ0n) is 14.0. The number of ether oxygens (including phenoxy) is 1. The molecule has 1 aromatic heterocycles. The number of para-hydroxylation sites is 1. The van der Waals surface area contributed by atoms with Crippen LogP contribution in [0.4, 0.5) is 0 Å². The predicted octanol–water partition coefficient (Wildman–Crippen LogP) is 3.43. The lowest BCUT2D eigenvalue weighted by Gasteiger charge is -2.42. The lowest BCUT2D eigenvalue weighted by atomic mass is 9.74. The maximum atomic E-state index is 12.8. The largest absolute Gasteiger partial charge is 0.461 e. The number of carbonyl (C=O) groups excluding carboxylic acids is 1. The van der Waals surface area contributed by atoms with Gasteiger partial charge in [-0.3, -0.25) is 5.32 Å². The molecule has 0 aliphatic carbocycles. The number of H-pyrrole nitrogens is 1. The van der Waals surface area contributed by atoms with Crippen LogP contribution < -0.4 is 5.32 Å². The molecule has 0 bridgehead atoms. The number of halogens is 1. The summed E-state index contributed by atoms with van der Waals surface area (Å²) in [6.45, 7) is 8.69. The zero-order chi connectivity index (χ0) is 16.8. The van der Waals surface area contributed by atoms with E-state index in [2.05, 4.69) is 30.2 Å². The Morgan fingerprint density at radius 3 is 2.70 bits per heavy atom. The monoisotopic (exact) mass is 334 g/mol. The number of aromatic nitrogens is 1. The summed E-state index contributed by atoms with van der Waals surface area (Å²) < 4.78 is 5.50. The van der Waals surface area contributed by atoms with Crippen LogP contribution in [0.5, 0.6) is 0 Å². The van der Waals surface area contributed by atoms with Gasteiger partial charge in [0.1, 0.15) is 0 Å². The highest BCUT2D eigenvalue weighted by Gasteiger charge is 2.50. The van der Waals surface area contributed by atoms with Gasteiger partial charge >= 0.3 is 5.97 Å². The number of hydrogen-bond donors (Lipinski definition) is 2. The Hall–Kier alpha value is -1.52. The van der Waals surface area contributed by atoms with Crippen molar-refractivity contribution in [3.8, 4) is 0 Å². The lowest BCUT2D eigenvalue weighted by Crippen LogP contribution is -2.59. The average molecular weight is 335 g/mol. The molecular formula is C18H23ClN2O2. The summed E-state index contributed by atoms with van der Waals surface area (Å²) in [4.78, 5) is 16.2. The Morgan fingerprint density at radius 2 is 2.04 bits per heavy atom. The van der Waals surface area contributed by atoms with Crippen molar-refractivity contribution in [3.05, 3.63) is 35.5 Å². The minimum atomic E-state index is -1.03. The summed E-state index contributed by atoms with van der Waals surface area (Å²) in [7, 11) is 0. The molecule has 0 amide bonds. The molecule has 1 aromatic carbocycles. The molecule has 0 saturated carbocycles. The molecule has 124 valence electrons. The number of alkyl halides is 1. The van der Waals surface area contributed by atoms with Crippen molar-refractivity contribution in [2.24, 2.45) is 0 Å². The molecule has 0 fully saturated rings. The maximum Gasteiger partial charge on any atom is 0.334 e. The van der Waals surface area contributed by atoms with Crippen LogP contribution in [0.25, 0.3) is 10.9 Å². The summed E-state index contributed by atoms with van der Waals surface area (Å²) in [5.41, 5.74) is 1.85. The van der Waals surface area contributed by atoms with E-state index in [1.807, 2.05) is 32.0 Å². The number of fused-ring (bicyclic) bond motifs is 3. The summed E-state index contributed by atoms with van der Waals surface area (Å²) in [6.07, 6.45) is -0.188. The molecule has 0 unspecified atom stereocenters. The van der Waals surface area contributed by atoms with E-state index in [1.54, 1.807) is 0 Å². The van der Waals surface area contributed by atoms with E-state index < -0.39 is 5.54 Å². The molecule has 1 atom stereocenters. The number of nitrogens with one attached hydrogen (secondary N) is 2. The smallest absolute Gasteiger partial charge is 0.334 e. The van der Waals surface area contributed by atoms with E-state index in [4.69, 9.17) is 16.3 Å². The van der Waals surface area contributed by atoms with Gasteiger partial charge in [0, 0.05) is 22.9 Å². The number of esters is 1. The second-order valence-corrected chi connectivity index (χ2v) is 7.42. The van der Waals surface area contributed by atoms with Crippen LogP contribution >= 0.6 is 11.6 Å². The Balaban J connectivity index is 2.25. The first-order valence-electron chi connectivity index (χ1n) is 7.95. The molecule has 3 rings (SSSR count). The maximum absolute atomic E-state index is 12.8. The number of hydrogen-bond acceptors (Lipinski definition) is 3. The molecule has 23 heavy (non-hydrogen) atoms. The van der Waals surface area contributed by atoms with E-state index in [-0.39, 0.29) is 23.4 Å². The van der Waals surface area contributed by atoms with Gasteiger partial charge in [0.05, 0.1) is 17.7 Å². The molecule has 2 N–H and O–H groups in total. The van der Waals surface area contributed by atoms with Crippen molar-refractivity contribution in [2.75, 3.05) is 12.4 Å². The molecule has 2 heterocycles. The van der Waals surface area contributed by atoms with Crippen molar-refractivity contribution in [1.82, 2.24) is 10.3 Å². The minimum absolute atomic E-state index is 0.109. The fraction of sp³-hybridized carbons (Fsp3) is 0.500. The summed E-state index contributed by atoms with van der Waals surface area (Å²) in [6, 6.07) is 8.12.